The van der Waals surface area contributed by atoms with Gasteiger partial charge in [-0.15, -0.1) is 0 Å². The van der Waals surface area contributed by atoms with Gasteiger partial charge in [-0.3, -0.25) is 25.0 Å². The molecule has 0 unspecified atom stereocenters. The van der Waals surface area contributed by atoms with Crippen LogP contribution < -0.4 is 5.32 Å². The van der Waals surface area contributed by atoms with E-state index in [0.29, 0.717) is 12.1 Å². The second-order valence-electron chi connectivity index (χ2n) is 5.26. The lowest BCUT2D eigenvalue weighted by Crippen LogP contribution is -2.15. The third-order valence-electron chi connectivity index (χ3n) is 3.67. The molecule has 0 heterocycles. The zero-order chi connectivity index (χ0) is 18.7. The Bertz CT molecular complexity index is 847. The Labute approximate surface area is 147 Å². The van der Waals surface area contributed by atoms with Crippen molar-refractivity contribution in [1.82, 2.24) is 0 Å². The van der Waals surface area contributed by atoms with E-state index in [1.54, 1.807) is 0 Å². The molecule has 0 bridgehead atoms. The van der Waals surface area contributed by atoms with E-state index in [1.807, 2.05) is 32.0 Å². The number of nitro benzene ring substituents is 2. The van der Waals surface area contributed by atoms with Crippen LogP contribution in [0.2, 0.25) is 5.02 Å². The number of para-hydroxylation sites is 1. The predicted octanol–water partition coefficient (Wildman–Crippen LogP) is 4.28. The number of benzene rings is 2. The van der Waals surface area contributed by atoms with Gasteiger partial charge in [0.25, 0.3) is 17.3 Å². The number of aryl methyl sites for hydroxylation is 2. The summed E-state index contributed by atoms with van der Waals surface area (Å²) in [6.45, 7) is 3.73. The molecule has 0 atom stereocenters. The van der Waals surface area contributed by atoms with Crippen LogP contribution in [0.15, 0.2) is 30.3 Å². The van der Waals surface area contributed by atoms with Crippen LogP contribution in [0.3, 0.4) is 0 Å². The highest BCUT2D eigenvalue weighted by molar-refractivity contribution is 6.35. The van der Waals surface area contributed by atoms with Crippen molar-refractivity contribution in [2.75, 3.05) is 5.32 Å². The molecule has 0 spiro atoms. The molecule has 0 aliphatic carbocycles. The van der Waals surface area contributed by atoms with E-state index in [1.165, 1.54) is 0 Å². The van der Waals surface area contributed by atoms with Crippen LogP contribution in [-0.2, 0) is 6.42 Å². The smallest absolute Gasteiger partial charge is 0.295 e. The van der Waals surface area contributed by atoms with Gasteiger partial charge in [0.1, 0.15) is 0 Å². The van der Waals surface area contributed by atoms with E-state index in [9.17, 15) is 25.0 Å². The molecule has 0 aliphatic heterocycles. The highest BCUT2D eigenvalue weighted by atomic mass is 35.5. The average molecular weight is 364 g/mol. The van der Waals surface area contributed by atoms with E-state index in [2.05, 4.69) is 5.32 Å². The van der Waals surface area contributed by atoms with Gasteiger partial charge >= 0.3 is 0 Å². The number of halogens is 1. The van der Waals surface area contributed by atoms with Crippen LogP contribution in [0.25, 0.3) is 0 Å². The van der Waals surface area contributed by atoms with Gasteiger partial charge < -0.3 is 5.32 Å². The fraction of sp³-hybridized carbons (Fsp3) is 0.188. The average Bonchev–Trinajstić information content (AvgIpc) is 2.56. The molecule has 0 saturated heterocycles. The number of nitrogens with zero attached hydrogens (tertiary/aromatic N) is 2. The minimum Gasteiger partial charge on any atom is -0.321 e. The standard InChI is InChI=1S/C16H14ClN3O5/c1-3-10-6-4-5-9(2)15(10)18-16(21)11-7-12(19(22)23)14(17)13(8-11)20(24)25/h4-8H,3H2,1-2H3,(H,18,21). The maximum atomic E-state index is 12.5. The van der Waals surface area contributed by atoms with E-state index < -0.39 is 32.2 Å². The second-order valence-corrected chi connectivity index (χ2v) is 5.64. The lowest BCUT2D eigenvalue weighted by Gasteiger charge is -2.13. The summed E-state index contributed by atoms with van der Waals surface area (Å²) in [7, 11) is 0. The van der Waals surface area contributed by atoms with Crippen molar-refractivity contribution in [3.63, 3.8) is 0 Å². The van der Waals surface area contributed by atoms with E-state index >= 15 is 0 Å². The van der Waals surface area contributed by atoms with Crippen LogP contribution in [0, 0.1) is 27.2 Å². The molecule has 0 aliphatic rings. The summed E-state index contributed by atoms with van der Waals surface area (Å²) >= 11 is 5.69. The quantitative estimate of drug-likeness (QED) is 0.628. The van der Waals surface area contributed by atoms with Gasteiger partial charge in [-0.2, -0.15) is 0 Å². The first-order valence-corrected chi connectivity index (χ1v) is 7.66. The van der Waals surface area contributed by atoms with E-state index in [4.69, 9.17) is 11.6 Å². The number of hydrogen-bond acceptors (Lipinski definition) is 5. The van der Waals surface area contributed by atoms with Crippen molar-refractivity contribution in [1.29, 1.82) is 0 Å². The van der Waals surface area contributed by atoms with E-state index in [-0.39, 0.29) is 5.56 Å². The molecule has 0 fully saturated rings. The zero-order valence-electron chi connectivity index (χ0n) is 13.4. The van der Waals surface area contributed by atoms with Crippen LogP contribution in [0.1, 0.15) is 28.4 Å². The number of amides is 1. The molecule has 2 aromatic carbocycles. The summed E-state index contributed by atoms with van der Waals surface area (Å²) in [5, 5.41) is 24.2. The molecule has 0 radical (unpaired) electrons. The number of nitro groups is 2. The van der Waals surface area contributed by atoms with Gasteiger partial charge in [-0.1, -0.05) is 36.7 Å². The Morgan fingerprint density at radius 2 is 1.72 bits per heavy atom. The van der Waals surface area contributed by atoms with Crippen molar-refractivity contribution in [3.8, 4) is 0 Å². The number of nitrogens with one attached hydrogen (secondary N) is 1. The van der Waals surface area contributed by atoms with Gasteiger partial charge in [0.15, 0.2) is 5.02 Å². The maximum absolute atomic E-state index is 12.5. The molecule has 2 rings (SSSR count). The summed E-state index contributed by atoms with van der Waals surface area (Å²) in [6, 6.07) is 7.35. The highest BCUT2D eigenvalue weighted by Gasteiger charge is 2.27. The highest BCUT2D eigenvalue weighted by Crippen LogP contribution is 2.35. The van der Waals surface area contributed by atoms with Crippen LogP contribution in [-0.4, -0.2) is 15.8 Å². The summed E-state index contributed by atoms with van der Waals surface area (Å²) < 4.78 is 0. The third-order valence-corrected chi connectivity index (χ3v) is 4.06. The Balaban J connectivity index is 2.50. The van der Waals surface area contributed by atoms with Crippen molar-refractivity contribution in [3.05, 3.63) is 72.3 Å². The molecule has 1 N–H and O–H groups in total. The van der Waals surface area contributed by atoms with Crippen LogP contribution in [0.4, 0.5) is 17.1 Å². The van der Waals surface area contributed by atoms with Crippen molar-refractivity contribution >= 4 is 34.6 Å². The molecule has 0 aromatic heterocycles. The maximum Gasteiger partial charge on any atom is 0.295 e. The normalized spacial score (nSPS) is 10.4. The number of hydrogen-bond donors (Lipinski definition) is 1. The monoisotopic (exact) mass is 363 g/mol. The van der Waals surface area contributed by atoms with Gasteiger partial charge in [0.2, 0.25) is 0 Å². The predicted molar refractivity (Wildman–Crippen MR) is 93.3 cm³/mol. The minimum absolute atomic E-state index is 0.215. The van der Waals surface area contributed by atoms with Crippen LogP contribution in [0.5, 0.6) is 0 Å². The van der Waals surface area contributed by atoms with Gasteiger partial charge in [0, 0.05) is 17.8 Å². The molecule has 1 amide bonds. The fourth-order valence-corrected chi connectivity index (χ4v) is 2.63. The van der Waals surface area contributed by atoms with Gasteiger partial charge in [-0.25, -0.2) is 0 Å². The molecule has 9 heteroatoms. The van der Waals surface area contributed by atoms with Crippen LogP contribution >= 0.6 is 11.6 Å². The number of anilines is 1. The SMILES string of the molecule is CCc1cccc(C)c1NC(=O)c1cc([N+](=O)[O-])c(Cl)c([N+](=O)[O-])c1. The molecule has 25 heavy (non-hydrogen) atoms. The third kappa shape index (κ3) is 3.74. The van der Waals surface area contributed by atoms with Crippen molar-refractivity contribution in [2.24, 2.45) is 0 Å². The molecule has 2 aromatic rings. The molecule has 8 nitrogen and oxygen atoms in total. The second kappa shape index (κ2) is 7.27. The molecule has 0 saturated carbocycles. The first-order valence-electron chi connectivity index (χ1n) is 7.28. The first kappa shape index (κ1) is 18.3. The number of carbonyl (C=O) groups is 1. The Kier molecular flexibility index (Phi) is 5.33. The van der Waals surface area contributed by atoms with E-state index in [0.717, 1.165) is 23.3 Å². The molecule has 130 valence electrons. The summed E-state index contributed by atoms with van der Waals surface area (Å²) in [5.74, 6) is -0.688. The fourth-order valence-electron chi connectivity index (χ4n) is 2.38. The Morgan fingerprint density at radius 1 is 1.16 bits per heavy atom. The first-order chi connectivity index (χ1) is 11.8. The lowest BCUT2D eigenvalue weighted by molar-refractivity contribution is -0.393. The summed E-state index contributed by atoms with van der Waals surface area (Å²) in [5.41, 5.74) is 0.670. The van der Waals surface area contributed by atoms with Crippen molar-refractivity contribution < 1.29 is 14.6 Å². The zero-order valence-corrected chi connectivity index (χ0v) is 14.2. The topological polar surface area (TPSA) is 115 Å². The Morgan fingerprint density at radius 3 is 2.20 bits per heavy atom. The lowest BCUT2D eigenvalue weighted by atomic mass is 10.0. The molecular weight excluding hydrogens is 350 g/mol. The minimum atomic E-state index is -0.864. The number of carbonyl (C=O) groups excluding carboxylic acids is 1. The molecular formula is C16H14ClN3O5. The van der Waals surface area contributed by atoms with Gasteiger partial charge in [0.05, 0.1) is 15.4 Å². The summed E-state index contributed by atoms with van der Waals surface area (Å²) in [4.78, 5) is 32.9. The summed E-state index contributed by atoms with van der Waals surface area (Å²) in [6.07, 6.45) is 0.665. The van der Waals surface area contributed by atoms with Crippen molar-refractivity contribution in [2.45, 2.75) is 20.3 Å². The largest absolute Gasteiger partial charge is 0.321 e. The number of rotatable bonds is 5. The Hall–Kier alpha value is -3.00. The van der Waals surface area contributed by atoms with Gasteiger partial charge in [-0.05, 0) is 24.5 Å².